The molecule has 0 saturated heterocycles. The fraction of sp³-hybridized carbons (Fsp3) is 0.750. The number of carboxylic acids is 2. The first-order valence-electron chi connectivity index (χ1n) is 4.28. The van der Waals surface area contributed by atoms with Gasteiger partial charge in [-0.15, -0.1) is 0 Å². The Kier molecular flexibility index (Phi) is 5.82. The molecule has 0 aromatic carbocycles. The van der Waals surface area contributed by atoms with Gasteiger partial charge in [-0.1, -0.05) is 0 Å². The van der Waals surface area contributed by atoms with Crippen molar-refractivity contribution in [2.45, 2.75) is 12.5 Å². The maximum absolute atomic E-state index is 10.7. The SMILES string of the molecule is CNCCN(C)C(CC(=O)O)C(=O)O. The highest BCUT2D eigenvalue weighted by atomic mass is 16.4. The minimum atomic E-state index is -1.11. The first-order chi connectivity index (χ1) is 6.49. The van der Waals surface area contributed by atoms with E-state index in [0.717, 1.165) is 0 Å². The fourth-order valence-electron chi connectivity index (χ4n) is 1.04. The van der Waals surface area contributed by atoms with Crippen LogP contribution in [0.4, 0.5) is 0 Å². The number of carboxylic acid groups (broad SMARTS) is 2. The molecule has 0 aliphatic rings. The van der Waals surface area contributed by atoms with Crippen molar-refractivity contribution in [3.8, 4) is 0 Å². The largest absolute Gasteiger partial charge is 0.481 e. The molecule has 0 radical (unpaired) electrons. The highest BCUT2D eigenvalue weighted by molar-refractivity contribution is 5.80. The van der Waals surface area contributed by atoms with Gasteiger partial charge in [0.15, 0.2) is 0 Å². The molecule has 14 heavy (non-hydrogen) atoms. The van der Waals surface area contributed by atoms with Crippen LogP contribution >= 0.6 is 0 Å². The van der Waals surface area contributed by atoms with Gasteiger partial charge in [-0.05, 0) is 14.1 Å². The second-order valence-corrected chi connectivity index (χ2v) is 3.04. The van der Waals surface area contributed by atoms with E-state index in [-0.39, 0.29) is 6.42 Å². The van der Waals surface area contributed by atoms with Crippen molar-refractivity contribution in [1.29, 1.82) is 0 Å². The fourth-order valence-corrected chi connectivity index (χ4v) is 1.04. The van der Waals surface area contributed by atoms with E-state index in [2.05, 4.69) is 5.32 Å². The molecule has 0 bridgehead atoms. The molecule has 1 unspecified atom stereocenters. The Morgan fingerprint density at radius 1 is 1.43 bits per heavy atom. The zero-order valence-electron chi connectivity index (χ0n) is 8.36. The first kappa shape index (κ1) is 12.9. The lowest BCUT2D eigenvalue weighted by atomic mass is 10.2. The van der Waals surface area contributed by atoms with Gasteiger partial charge in [-0.3, -0.25) is 14.5 Å². The molecule has 6 nitrogen and oxygen atoms in total. The van der Waals surface area contributed by atoms with E-state index in [4.69, 9.17) is 10.2 Å². The second kappa shape index (κ2) is 6.33. The smallest absolute Gasteiger partial charge is 0.321 e. The molecule has 0 aliphatic heterocycles. The number of carbonyl (C=O) groups is 2. The number of nitrogens with zero attached hydrogens (tertiary/aromatic N) is 1. The number of nitrogens with one attached hydrogen (secondary N) is 1. The molecular formula is C8H16N2O4. The highest BCUT2D eigenvalue weighted by Gasteiger charge is 2.24. The van der Waals surface area contributed by atoms with Crippen molar-refractivity contribution in [2.24, 2.45) is 0 Å². The standard InChI is InChI=1S/C8H16N2O4/c1-9-3-4-10(2)6(8(13)14)5-7(11)12/h6,9H,3-5H2,1-2H3,(H,11,12)(H,13,14). The number of likely N-dealkylation sites (N-methyl/N-ethyl adjacent to an activating group) is 2. The summed E-state index contributed by atoms with van der Waals surface area (Å²) >= 11 is 0. The summed E-state index contributed by atoms with van der Waals surface area (Å²) in [6.45, 7) is 1.13. The summed E-state index contributed by atoms with van der Waals surface area (Å²) in [6.07, 6.45) is -0.379. The Morgan fingerprint density at radius 2 is 2.00 bits per heavy atom. The molecule has 1 atom stereocenters. The Bertz CT molecular complexity index is 208. The predicted molar refractivity (Wildman–Crippen MR) is 50.2 cm³/mol. The molecule has 0 amide bonds. The second-order valence-electron chi connectivity index (χ2n) is 3.04. The molecule has 0 aliphatic carbocycles. The minimum absolute atomic E-state index is 0.379. The van der Waals surface area contributed by atoms with Gasteiger partial charge >= 0.3 is 11.9 Å². The Hall–Kier alpha value is -1.14. The molecule has 0 spiro atoms. The van der Waals surface area contributed by atoms with Crippen LogP contribution in [0, 0.1) is 0 Å². The number of hydrogen-bond donors (Lipinski definition) is 3. The van der Waals surface area contributed by atoms with E-state index in [1.165, 1.54) is 4.90 Å². The lowest BCUT2D eigenvalue weighted by molar-refractivity contribution is -0.149. The lowest BCUT2D eigenvalue weighted by Crippen LogP contribution is -2.42. The van der Waals surface area contributed by atoms with E-state index in [1.54, 1.807) is 14.1 Å². The predicted octanol–water partition coefficient (Wildman–Crippen LogP) is -0.934. The van der Waals surface area contributed by atoms with Gasteiger partial charge in [-0.2, -0.15) is 0 Å². The number of aliphatic carboxylic acids is 2. The Balaban J connectivity index is 4.18. The third-order valence-electron chi connectivity index (χ3n) is 1.90. The Morgan fingerprint density at radius 3 is 2.36 bits per heavy atom. The van der Waals surface area contributed by atoms with Gasteiger partial charge in [0.2, 0.25) is 0 Å². The van der Waals surface area contributed by atoms with E-state index in [0.29, 0.717) is 13.1 Å². The molecule has 0 aromatic heterocycles. The van der Waals surface area contributed by atoms with Gasteiger partial charge in [0.25, 0.3) is 0 Å². The van der Waals surface area contributed by atoms with Gasteiger partial charge in [-0.25, -0.2) is 0 Å². The summed E-state index contributed by atoms with van der Waals surface area (Å²) in [6, 6.07) is -0.958. The number of rotatable bonds is 7. The van der Waals surface area contributed by atoms with Crippen molar-refractivity contribution in [2.75, 3.05) is 27.2 Å². The average molecular weight is 204 g/mol. The molecule has 0 fully saturated rings. The molecule has 0 rings (SSSR count). The quantitative estimate of drug-likeness (QED) is 0.496. The molecule has 3 N–H and O–H groups in total. The summed E-state index contributed by atoms with van der Waals surface area (Å²) in [5.74, 6) is -2.21. The molecule has 0 saturated carbocycles. The van der Waals surface area contributed by atoms with Gasteiger partial charge in [0.05, 0.1) is 6.42 Å². The van der Waals surface area contributed by atoms with Crippen LogP contribution in [0.15, 0.2) is 0 Å². The lowest BCUT2D eigenvalue weighted by Gasteiger charge is -2.22. The van der Waals surface area contributed by atoms with Crippen LogP contribution < -0.4 is 5.32 Å². The third kappa shape index (κ3) is 4.78. The molecular weight excluding hydrogens is 188 g/mol. The molecule has 0 heterocycles. The maximum atomic E-state index is 10.7. The zero-order chi connectivity index (χ0) is 11.1. The van der Waals surface area contributed by atoms with Crippen LogP contribution in [0.25, 0.3) is 0 Å². The van der Waals surface area contributed by atoms with Crippen LogP contribution in [0.1, 0.15) is 6.42 Å². The topological polar surface area (TPSA) is 89.9 Å². The van der Waals surface area contributed by atoms with E-state index in [1.807, 2.05) is 0 Å². The summed E-state index contributed by atoms with van der Waals surface area (Å²) in [5, 5.41) is 20.1. The monoisotopic (exact) mass is 204 g/mol. The van der Waals surface area contributed by atoms with Crippen molar-refractivity contribution in [3.05, 3.63) is 0 Å². The van der Waals surface area contributed by atoms with Gasteiger partial charge in [0, 0.05) is 13.1 Å². The minimum Gasteiger partial charge on any atom is -0.481 e. The van der Waals surface area contributed by atoms with Crippen LogP contribution in [-0.2, 0) is 9.59 Å². The number of hydrogen-bond acceptors (Lipinski definition) is 4. The third-order valence-corrected chi connectivity index (χ3v) is 1.90. The van der Waals surface area contributed by atoms with Crippen LogP contribution in [0.2, 0.25) is 0 Å². The van der Waals surface area contributed by atoms with Crippen LogP contribution in [0.5, 0.6) is 0 Å². The van der Waals surface area contributed by atoms with E-state index in [9.17, 15) is 9.59 Å². The van der Waals surface area contributed by atoms with Crippen LogP contribution in [-0.4, -0.2) is 60.3 Å². The summed E-state index contributed by atoms with van der Waals surface area (Å²) in [5.41, 5.74) is 0. The highest BCUT2D eigenvalue weighted by Crippen LogP contribution is 2.01. The van der Waals surface area contributed by atoms with Gasteiger partial charge in [0.1, 0.15) is 6.04 Å². The summed E-state index contributed by atoms with van der Waals surface area (Å²) in [7, 11) is 3.35. The Labute approximate surface area is 82.5 Å². The molecule has 0 aromatic rings. The normalized spacial score (nSPS) is 12.8. The average Bonchev–Trinajstić information content (AvgIpc) is 2.09. The van der Waals surface area contributed by atoms with Crippen molar-refractivity contribution in [3.63, 3.8) is 0 Å². The van der Waals surface area contributed by atoms with Crippen molar-refractivity contribution in [1.82, 2.24) is 10.2 Å². The molecule has 82 valence electrons. The summed E-state index contributed by atoms with van der Waals surface area (Å²) < 4.78 is 0. The first-order valence-corrected chi connectivity index (χ1v) is 4.28. The maximum Gasteiger partial charge on any atom is 0.321 e. The van der Waals surface area contributed by atoms with Crippen molar-refractivity contribution >= 4 is 11.9 Å². The zero-order valence-corrected chi connectivity index (χ0v) is 8.36. The van der Waals surface area contributed by atoms with Crippen LogP contribution in [0.3, 0.4) is 0 Å². The van der Waals surface area contributed by atoms with Crippen molar-refractivity contribution < 1.29 is 19.8 Å². The van der Waals surface area contributed by atoms with Gasteiger partial charge < -0.3 is 15.5 Å². The van der Waals surface area contributed by atoms with E-state index < -0.39 is 18.0 Å². The van der Waals surface area contributed by atoms with E-state index >= 15 is 0 Å². The summed E-state index contributed by atoms with van der Waals surface area (Å²) in [4.78, 5) is 22.6. The molecule has 6 heteroatoms.